The van der Waals surface area contributed by atoms with E-state index in [4.69, 9.17) is 11.6 Å². The number of anilines is 1. The minimum absolute atomic E-state index is 0.211. The van der Waals surface area contributed by atoms with Crippen LogP contribution < -0.4 is 4.90 Å². The standard InChI is InChI=1S/C15H14ClFN2O/c1-3-19(14-7-6-12(16)8-13(14)17)15(20)11-5-4-10(2)18-9-11/h4-9H,3H2,1-2H3. The SMILES string of the molecule is CCN(C(=O)c1ccc(C)nc1)c1ccc(Cl)cc1F. The zero-order valence-corrected chi connectivity index (χ0v) is 12.0. The zero-order valence-electron chi connectivity index (χ0n) is 11.2. The Morgan fingerprint density at radius 2 is 2.10 bits per heavy atom. The molecule has 104 valence electrons. The second kappa shape index (κ2) is 6.01. The maximum Gasteiger partial charge on any atom is 0.259 e. The number of amides is 1. The third-order valence-electron chi connectivity index (χ3n) is 2.92. The Balaban J connectivity index is 2.36. The smallest absolute Gasteiger partial charge is 0.259 e. The molecule has 5 heteroatoms. The van der Waals surface area contributed by atoms with Crippen molar-refractivity contribution < 1.29 is 9.18 Å². The molecule has 0 saturated heterocycles. The number of carbonyl (C=O) groups excluding carboxylic acids is 1. The molecular formula is C15H14ClFN2O. The number of halogens is 2. The van der Waals surface area contributed by atoms with Gasteiger partial charge in [-0.15, -0.1) is 0 Å². The van der Waals surface area contributed by atoms with Crippen molar-refractivity contribution in [2.45, 2.75) is 13.8 Å². The van der Waals surface area contributed by atoms with Crippen LogP contribution in [0.25, 0.3) is 0 Å². The predicted octanol–water partition coefficient (Wildman–Crippen LogP) is 3.85. The van der Waals surface area contributed by atoms with Gasteiger partial charge >= 0.3 is 0 Å². The molecule has 0 aliphatic heterocycles. The lowest BCUT2D eigenvalue weighted by molar-refractivity contribution is 0.0987. The van der Waals surface area contributed by atoms with E-state index in [9.17, 15) is 9.18 Å². The first-order valence-electron chi connectivity index (χ1n) is 6.22. The molecule has 0 saturated carbocycles. The summed E-state index contributed by atoms with van der Waals surface area (Å²) in [6.07, 6.45) is 1.49. The molecule has 1 aromatic heterocycles. The van der Waals surface area contributed by atoms with Crippen LogP contribution in [0.3, 0.4) is 0 Å². The van der Waals surface area contributed by atoms with Gasteiger partial charge in [0.05, 0.1) is 11.3 Å². The summed E-state index contributed by atoms with van der Waals surface area (Å²) < 4.78 is 13.9. The van der Waals surface area contributed by atoms with Crippen LogP contribution in [0.5, 0.6) is 0 Å². The van der Waals surface area contributed by atoms with Crippen molar-refractivity contribution >= 4 is 23.2 Å². The summed E-state index contributed by atoms with van der Waals surface area (Å²) in [6, 6.07) is 7.69. The van der Waals surface area contributed by atoms with Gasteiger partial charge in [-0.2, -0.15) is 0 Å². The molecule has 2 aromatic rings. The van der Waals surface area contributed by atoms with Crippen molar-refractivity contribution in [3.63, 3.8) is 0 Å². The van der Waals surface area contributed by atoms with Gasteiger partial charge in [-0.1, -0.05) is 11.6 Å². The van der Waals surface area contributed by atoms with Crippen LogP contribution in [-0.2, 0) is 0 Å². The van der Waals surface area contributed by atoms with E-state index in [0.717, 1.165) is 5.69 Å². The average molecular weight is 293 g/mol. The molecule has 1 amide bonds. The molecule has 0 radical (unpaired) electrons. The first kappa shape index (κ1) is 14.5. The van der Waals surface area contributed by atoms with E-state index >= 15 is 0 Å². The van der Waals surface area contributed by atoms with Gasteiger partial charge in [0.2, 0.25) is 0 Å². The molecular weight excluding hydrogens is 279 g/mol. The molecule has 0 bridgehead atoms. The van der Waals surface area contributed by atoms with Crippen molar-refractivity contribution in [2.24, 2.45) is 0 Å². The van der Waals surface area contributed by atoms with Gasteiger partial charge in [0.25, 0.3) is 5.91 Å². The van der Waals surface area contributed by atoms with E-state index < -0.39 is 5.82 Å². The number of rotatable bonds is 3. The van der Waals surface area contributed by atoms with E-state index in [-0.39, 0.29) is 11.6 Å². The summed E-state index contributed by atoms with van der Waals surface area (Å²) in [6.45, 7) is 3.98. The number of hydrogen-bond donors (Lipinski definition) is 0. The van der Waals surface area contributed by atoms with Crippen LogP contribution in [0.15, 0.2) is 36.5 Å². The molecule has 20 heavy (non-hydrogen) atoms. The minimum Gasteiger partial charge on any atom is -0.306 e. The molecule has 0 aliphatic carbocycles. The van der Waals surface area contributed by atoms with Crippen LogP contribution in [0, 0.1) is 12.7 Å². The Morgan fingerprint density at radius 3 is 2.65 bits per heavy atom. The maximum atomic E-state index is 13.9. The molecule has 0 spiro atoms. The van der Waals surface area contributed by atoms with Crippen LogP contribution in [0.1, 0.15) is 23.0 Å². The number of aromatic nitrogens is 1. The second-order valence-corrected chi connectivity index (χ2v) is 4.77. The fourth-order valence-electron chi connectivity index (χ4n) is 1.87. The van der Waals surface area contributed by atoms with Crippen LogP contribution in [0.2, 0.25) is 5.02 Å². The van der Waals surface area contributed by atoms with Crippen molar-refractivity contribution in [2.75, 3.05) is 11.4 Å². The van der Waals surface area contributed by atoms with E-state index in [1.54, 1.807) is 25.1 Å². The summed E-state index contributed by atoms with van der Waals surface area (Å²) in [5.74, 6) is -0.811. The Bertz CT molecular complexity index is 628. The van der Waals surface area contributed by atoms with Crippen LogP contribution in [0.4, 0.5) is 10.1 Å². The van der Waals surface area contributed by atoms with Gasteiger partial charge in [0.1, 0.15) is 5.82 Å². The van der Waals surface area contributed by atoms with Crippen molar-refractivity contribution in [3.05, 3.63) is 58.6 Å². The first-order chi connectivity index (χ1) is 9.52. The molecule has 0 fully saturated rings. The molecule has 3 nitrogen and oxygen atoms in total. The van der Waals surface area contributed by atoms with Gasteiger partial charge < -0.3 is 4.90 Å². The number of aryl methyl sites for hydroxylation is 1. The Kier molecular flexibility index (Phi) is 4.35. The predicted molar refractivity (Wildman–Crippen MR) is 77.7 cm³/mol. The highest BCUT2D eigenvalue weighted by molar-refractivity contribution is 6.30. The number of nitrogens with zero attached hydrogens (tertiary/aromatic N) is 2. The molecule has 0 unspecified atom stereocenters. The van der Waals surface area contributed by atoms with E-state index in [2.05, 4.69) is 4.98 Å². The van der Waals surface area contributed by atoms with Crippen molar-refractivity contribution in [1.82, 2.24) is 4.98 Å². The molecule has 1 heterocycles. The number of pyridine rings is 1. The Hall–Kier alpha value is -1.94. The molecule has 2 rings (SSSR count). The first-order valence-corrected chi connectivity index (χ1v) is 6.60. The second-order valence-electron chi connectivity index (χ2n) is 4.33. The zero-order chi connectivity index (χ0) is 14.7. The summed E-state index contributed by atoms with van der Waals surface area (Å²) >= 11 is 5.73. The lowest BCUT2D eigenvalue weighted by Gasteiger charge is -2.21. The normalized spacial score (nSPS) is 10.4. The Morgan fingerprint density at radius 1 is 1.35 bits per heavy atom. The number of benzene rings is 1. The van der Waals surface area contributed by atoms with E-state index in [1.165, 1.54) is 23.2 Å². The monoisotopic (exact) mass is 292 g/mol. The van der Waals surface area contributed by atoms with Gasteiger partial charge in [0, 0.05) is 23.5 Å². The Labute approximate surface area is 122 Å². The summed E-state index contributed by atoms with van der Waals surface area (Å²) in [5, 5.41) is 0.298. The third kappa shape index (κ3) is 2.96. The highest BCUT2D eigenvalue weighted by Gasteiger charge is 2.19. The highest BCUT2D eigenvalue weighted by atomic mass is 35.5. The molecule has 0 aliphatic rings. The lowest BCUT2D eigenvalue weighted by Crippen LogP contribution is -2.31. The highest BCUT2D eigenvalue weighted by Crippen LogP contribution is 2.24. The topological polar surface area (TPSA) is 33.2 Å². The van der Waals surface area contributed by atoms with E-state index in [0.29, 0.717) is 17.1 Å². The van der Waals surface area contributed by atoms with Gasteiger partial charge in [0.15, 0.2) is 0 Å². The quantitative estimate of drug-likeness (QED) is 0.861. The van der Waals surface area contributed by atoms with Gasteiger partial charge in [-0.3, -0.25) is 9.78 Å². The largest absolute Gasteiger partial charge is 0.306 e. The fraction of sp³-hybridized carbons (Fsp3) is 0.200. The summed E-state index contributed by atoms with van der Waals surface area (Å²) in [4.78, 5) is 17.9. The van der Waals surface area contributed by atoms with E-state index in [1.807, 2.05) is 6.92 Å². The summed E-state index contributed by atoms with van der Waals surface area (Å²) in [7, 11) is 0. The molecule has 1 aromatic carbocycles. The average Bonchev–Trinajstić information content (AvgIpc) is 2.42. The summed E-state index contributed by atoms with van der Waals surface area (Å²) in [5.41, 5.74) is 1.46. The van der Waals surface area contributed by atoms with Crippen LogP contribution in [-0.4, -0.2) is 17.4 Å². The van der Waals surface area contributed by atoms with Crippen molar-refractivity contribution in [1.29, 1.82) is 0 Å². The minimum atomic E-state index is -0.521. The third-order valence-corrected chi connectivity index (χ3v) is 3.16. The fourth-order valence-corrected chi connectivity index (χ4v) is 2.03. The maximum absolute atomic E-state index is 13.9. The van der Waals surface area contributed by atoms with Gasteiger partial charge in [-0.05, 0) is 44.2 Å². The van der Waals surface area contributed by atoms with Gasteiger partial charge in [-0.25, -0.2) is 4.39 Å². The lowest BCUT2D eigenvalue weighted by atomic mass is 10.2. The number of carbonyl (C=O) groups is 1. The van der Waals surface area contributed by atoms with Crippen LogP contribution >= 0.6 is 11.6 Å². The molecule has 0 atom stereocenters. The van der Waals surface area contributed by atoms with Crippen molar-refractivity contribution in [3.8, 4) is 0 Å². The number of hydrogen-bond acceptors (Lipinski definition) is 2. The molecule has 0 N–H and O–H groups in total.